The first-order valence-corrected chi connectivity index (χ1v) is 7.50. The van der Waals surface area contributed by atoms with Gasteiger partial charge in [-0.15, -0.1) is 0 Å². The molecule has 1 saturated heterocycles. The summed E-state index contributed by atoms with van der Waals surface area (Å²) < 4.78 is 5.04. The molecule has 0 unspecified atom stereocenters. The molecule has 21 heavy (non-hydrogen) atoms. The monoisotopic (exact) mass is 296 g/mol. The van der Waals surface area contributed by atoms with E-state index in [1.165, 1.54) is 0 Å². The van der Waals surface area contributed by atoms with Crippen molar-refractivity contribution in [2.75, 3.05) is 0 Å². The van der Waals surface area contributed by atoms with Gasteiger partial charge >= 0.3 is 0 Å². The quantitative estimate of drug-likeness (QED) is 0.538. The molecule has 2 fully saturated rings. The van der Waals surface area contributed by atoms with E-state index in [-0.39, 0.29) is 23.4 Å². The highest BCUT2D eigenvalue weighted by molar-refractivity contribution is 6.26. The summed E-state index contributed by atoms with van der Waals surface area (Å²) in [5, 5.41) is 2.65. The van der Waals surface area contributed by atoms with Crippen LogP contribution in [0.3, 0.4) is 0 Å². The molecule has 0 spiro atoms. The van der Waals surface area contributed by atoms with Crippen LogP contribution in [0.5, 0.6) is 0 Å². The van der Waals surface area contributed by atoms with Crippen molar-refractivity contribution in [3.05, 3.63) is 0 Å². The van der Waals surface area contributed by atoms with Crippen molar-refractivity contribution in [3.63, 3.8) is 0 Å². The van der Waals surface area contributed by atoms with Crippen LogP contribution in [0.25, 0.3) is 0 Å². The Morgan fingerprint density at radius 2 is 1.71 bits per heavy atom. The van der Waals surface area contributed by atoms with E-state index < -0.39 is 29.7 Å². The van der Waals surface area contributed by atoms with Gasteiger partial charge in [-0.1, -0.05) is 27.7 Å². The standard InChI is InChI=1S/C15H24N2O4/c1-7(2)5-9(16)14(20)17-15(6-8(3)4)12(18)10-11(21-10)13(15)19/h7-11H,5-6,16H2,1-4H3,(H,17,20)/t9-,10-,11-/m0/s1. The Morgan fingerprint density at radius 1 is 1.19 bits per heavy atom. The Morgan fingerprint density at radius 3 is 2.14 bits per heavy atom. The topological polar surface area (TPSA) is 102 Å². The molecule has 6 nitrogen and oxygen atoms in total. The van der Waals surface area contributed by atoms with Crippen molar-refractivity contribution in [3.8, 4) is 0 Å². The number of ketones is 2. The number of rotatable bonds is 6. The molecule has 0 bridgehead atoms. The Balaban J connectivity index is 2.16. The maximum absolute atomic E-state index is 12.4. The summed E-state index contributed by atoms with van der Waals surface area (Å²) in [7, 11) is 0. The average Bonchev–Trinajstić information content (AvgIpc) is 3.10. The van der Waals surface area contributed by atoms with Gasteiger partial charge in [-0.3, -0.25) is 14.4 Å². The third-order valence-corrected chi connectivity index (χ3v) is 3.96. The first-order valence-electron chi connectivity index (χ1n) is 7.50. The van der Waals surface area contributed by atoms with Gasteiger partial charge in [-0.25, -0.2) is 0 Å². The molecule has 1 aliphatic carbocycles. The Kier molecular flexibility index (Phi) is 4.22. The molecule has 3 atom stereocenters. The zero-order valence-electron chi connectivity index (χ0n) is 13.0. The number of fused-ring (bicyclic) bond motifs is 1. The van der Waals surface area contributed by atoms with Gasteiger partial charge in [0.2, 0.25) is 5.91 Å². The molecule has 1 amide bonds. The molecule has 2 aliphatic rings. The molecule has 0 radical (unpaired) electrons. The van der Waals surface area contributed by atoms with Gasteiger partial charge in [0.15, 0.2) is 29.3 Å². The van der Waals surface area contributed by atoms with Crippen molar-refractivity contribution in [2.24, 2.45) is 17.6 Å². The fourth-order valence-electron chi connectivity index (χ4n) is 3.02. The molecule has 6 heteroatoms. The molecule has 0 aromatic rings. The number of epoxide rings is 1. The molecule has 118 valence electrons. The lowest BCUT2D eigenvalue weighted by atomic mass is 9.84. The lowest BCUT2D eigenvalue weighted by molar-refractivity contribution is -0.142. The van der Waals surface area contributed by atoms with Crippen molar-refractivity contribution in [2.45, 2.75) is 64.3 Å². The van der Waals surface area contributed by atoms with Crippen LogP contribution in [0.15, 0.2) is 0 Å². The summed E-state index contributed by atoms with van der Waals surface area (Å²) >= 11 is 0. The zero-order chi connectivity index (χ0) is 15.9. The second-order valence-electron chi connectivity index (χ2n) is 6.93. The molecule has 1 aliphatic heterocycles. The van der Waals surface area contributed by atoms with E-state index >= 15 is 0 Å². The molecule has 0 aromatic heterocycles. The van der Waals surface area contributed by atoms with Crippen molar-refractivity contribution < 1.29 is 19.1 Å². The van der Waals surface area contributed by atoms with Gasteiger partial charge in [-0.05, 0) is 24.7 Å². The fourth-order valence-corrected chi connectivity index (χ4v) is 3.02. The number of carbonyl (C=O) groups excluding carboxylic acids is 3. The van der Waals surface area contributed by atoms with Crippen molar-refractivity contribution >= 4 is 17.5 Å². The van der Waals surface area contributed by atoms with Gasteiger partial charge in [-0.2, -0.15) is 0 Å². The second kappa shape index (κ2) is 5.50. The van der Waals surface area contributed by atoms with Gasteiger partial charge in [0.25, 0.3) is 0 Å². The normalized spacial score (nSPS) is 28.0. The summed E-state index contributed by atoms with van der Waals surface area (Å²) in [5.41, 5.74) is 4.42. The SMILES string of the molecule is CC(C)C[C@H](N)C(=O)NC1(CC(C)C)C(=O)[C@H]2O[C@@H]2C1=O. The Hall–Kier alpha value is -1.27. The Bertz CT molecular complexity index is 452. The molecule has 0 aromatic carbocycles. The summed E-state index contributed by atoms with van der Waals surface area (Å²) in [5.74, 6) is -0.726. The van der Waals surface area contributed by atoms with Crippen LogP contribution >= 0.6 is 0 Å². The lowest BCUT2D eigenvalue weighted by Gasteiger charge is -2.31. The molecular weight excluding hydrogens is 272 g/mol. The van der Waals surface area contributed by atoms with Crippen LogP contribution in [0, 0.1) is 11.8 Å². The van der Waals surface area contributed by atoms with Crippen LogP contribution in [-0.2, 0) is 19.1 Å². The van der Waals surface area contributed by atoms with Gasteiger partial charge in [0.1, 0.15) is 0 Å². The minimum Gasteiger partial charge on any atom is -0.353 e. The van der Waals surface area contributed by atoms with E-state index in [2.05, 4.69) is 5.32 Å². The van der Waals surface area contributed by atoms with Crippen LogP contribution in [-0.4, -0.2) is 41.3 Å². The maximum atomic E-state index is 12.4. The third kappa shape index (κ3) is 2.87. The molecule has 2 rings (SSSR count). The van der Waals surface area contributed by atoms with E-state index in [0.29, 0.717) is 12.8 Å². The third-order valence-electron chi connectivity index (χ3n) is 3.96. The number of hydrogen-bond acceptors (Lipinski definition) is 5. The van der Waals surface area contributed by atoms with Gasteiger partial charge < -0.3 is 15.8 Å². The number of amides is 1. The van der Waals surface area contributed by atoms with E-state index in [4.69, 9.17) is 10.5 Å². The summed E-state index contributed by atoms with van der Waals surface area (Å²) in [6.45, 7) is 7.75. The average molecular weight is 296 g/mol. The smallest absolute Gasteiger partial charge is 0.238 e. The molecule has 3 N–H and O–H groups in total. The molecular formula is C15H24N2O4. The fraction of sp³-hybridized carbons (Fsp3) is 0.800. The van der Waals surface area contributed by atoms with Crippen LogP contribution in [0.2, 0.25) is 0 Å². The van der Waals surface area contributed by atoms with Crippen molar-refractivity contribution in [1.29, 1.82) is 0 Å². The number of nitrogens with one attached hydrogen (secondary N) is 1. The predicted molar refractivity (Wildman–Crippen MR) is 76.4 cm³/mol. The van der Waals surface area contributed by atoms with Gasteiger partial charge in [0.05, 0.1) is 6.04 Å². The highest BCUT2D eigenvalue weighted by Gasteiger charge is 2.70. The number of carbonyl (C=O) groups is 3. The summed E-state index contributed by atoms with van der Waals surface area (Å²) in [6.07, 6.45) is -0.535. The number of hydrogen-bond donors (Lipinski definition) is 2. The van der Waals surface area contributed by atoms with Crippen LogP contribution < -0.4 is 11.1 Å². The predicted octanol–water partition coefficient (Wildman–Crippen LogP) is 0.180. The minimum atomic E-state index is -1.44. The Labute approximate surface area is 124 Å². The number of nitrogens with two attached hydrogens (primary N) is 1. The maximum Gasteiger partial charge on any atom is 0.238 e. The summed E-state index contributed by atoms with van der Waals surface area (Å²) in [4.78, 5) is 37.0. The van der Waals surface area contributed by atoms with E-state index in [0.717, 1.165) is 0 Å². The molecule has 1 heterocycles. The highest BCUT2D eigenvalue weighted by Crippen LogP contribution is 2.42. The largest absolute Gasteiger partial charge is 0.353 e. The minimum absolute atomic E-state index is 0.0945. The number of Topliss-reactive ketones (excluding diaryl/α,β-unsaturated/α-hetero) is 2. The van der Waals surface area contributed by atoms with E-state index in [1.807, 2.05) is 27.7 Å². The van der Waals surface area contributed by atoms with Crippen molar-refractivity contribution in [1.82, 2.24) is 5.32 Å². The van der Waals surface area contributed by atoms with Gasteiger partial charge in [0, 0.05) is 0 Å². The van der Waals surface area contributed by atoms with Crippen LogP contribution in [0.4, 0.5) is 0 Å². The van der Waals surface area contributed by atoms with Crippen LogP contribution in [0.1, 0.15) is 40.5 Å². The lowest BCUT2D eigenvalue weighted by Crippen LogP contribution is -2.62. The second-order valence-corrected chi connectivity index (χ2v) is 6.93. The van der Waals surface area contributed by atoms with E-state index in [1.54, 1.807) is 0 Å². The first-order chi connectivity index (χ1) is 9.69. The number of ether oxygens (including phenoxy) is 1. The summed E-state index contributed by atoms with van der Waals surface area (Å²) in [6, 6.07) is -0.715. The highest BCUT2D eigenvalue weighted by atomic mass is 16.6. The molecule has 1 saturated carbocycles. The van der Waals surface area contributed by atoms with E-state index in [9.17, 15) is 14.4 Å². The zero-order valence-corrected chi connectivity index (χ0v) is 13.0. The first kappa shape index (κ1) is 16.1.